The number of nitrogens with zero attached hydrogens (tertiary/aromatic N) is 1. The first-order valence-electron chi connectivity index (χ1n) is 9.46. The molecule has 0 spiro atoms. The molecule has 2 aromatic carbocycles. The number of carbonyl (C=O) groups is 2. The van der Waals surface area contributed by atoms with Crippen LogP contribution in [0.3, 0.4) is 0 Å². The molecule has 0 bridgehead atoms. The van der Waals surface area contributed by atoms with Gasteiger partial charge in [0, 0.05) is 19.0 Å². The minimum absolute atomic E-state index is 0.0467. The first-order chi connectivity index (χ1) is 13.5. The normalized spacial score (nSPS) is 13.3. The zero-order chi connectivity index (χ0) is 20.1. The van der Waals surface area contributed by atoms with E-state index in [2.05, 4.69) is 5.32 Å². The molecule has 148 valence electrons. The summed E-state index contributed by atoms with van der Waals surface area (Å²) in [6.45, 7) is 6.42. The zero-order valence-corrected chi connectivity index (χ0v) is 16.5. The van der Waals surface area contributed by atoms with Crippen LogP contribution in [0.2, 0.25) is 0 Å². The number of nitrogens with one attached hydrogen (secondary N) is 1. The molecule has 0 aromatic heterocycles. The maximum atomic E-state index is 12.7. The van der Waals surface area contributed by atoms with Gasteiger partial charge in [-0.3, -0.25) is 9.59 Å². The van der Waals surface area contributed by atoms with E-state index < -0.39 is 6.04 Å². The Kier molecular flexibility index (Phi) is 6.19. The first kappa shape index (κ1) is 19.7. The summed E-state index contributed by atoms with van der Waals surface area (Å²) >= 11 is 0. The van der Waals surface area contributed by atoms with Gasteiger partial charge < -0.3 is 19.7 Å². The summed E-state index contributed by atoms with van der Waals surface area (Å²) in [5, 5.41) is 2.92. The highest BCUT2D eigenvalue weighted by molar-refractivity contribution is 5.88. The van der Waals surface area contributed by atoms with Gasteiger partial charge in [0.15, 0.2) is 11.5 Å². The van der Waals surface area contributed by atoms with Crippen LogP contribution in [0.15, 0.2) is 48.5 Å². The van der Waals surface area contributed by atoms with Gasteiger partial charge in [0.25, 0.3) is 0 Å². The van der Waals surface area contributed by atoms with Gasteiger partial charge in [-0.05, 0) is 30.2 Å². The van der Waals surface area contributed by atoms with Crippen molar-refractivity contribution >= 4 is 11.8 Å². The summed E-state index contributed by atoms with van der Waals surface area (Å²) < 4.78 is 10.7. The predicted octanol–water partition coefficient (Wildman–Crippen LogP) is 3.10. The van der Waals surface area contributed by atoms with Gasteiger partial charge in [0.05, 0.1) is 0 Å². The van der Waals surface area contributed by atoms with Gasteiger partial charge in [0.1, 0.15) is 6.04 Å². The van der Waals surface area contributed by atoms with Crippen molar-refractivity contribution in [1.82, 2.24) is 10.2 Å². The number of ether oxygens (including phenoxy) is 2. The number of rotatable bonds is 7. The molecule has 0 saturated carbocycles. The van der Waals surface area contributed by atoms with Gasteiger partial charge in [-0.2, -0.15) is 0 Å². The third-order valence-electron chi connectivity index (χ3n) is 4.72. The highest BCUT2D eigenvalue weighted by atomic mass is 16.7. The largest absolute Gasteiger partial charge is 0.454 e. The van der Waals surface area contributed by atoms with E-state index in [1.54, 1.807) is 11.8 Å². The first-order valence-corrected chi connectivity index (χ1v) is 9.46. The van der Waals surface area contributed by atoms with E-state index in [0.29, 0.717) is 24.6 Å². The monoisotopic (exact) mass is 382 g/mol. The minimum atomic E-state index is -0.580. The molecule has 0 fully saturated rings. The van der Waals surface area contributed by atoms with E-state index in [1.807, 2.05) is 62.4 Å². The topological polar surface area (TPSA) is 67.9 Å². The molecule has 1 unspecified atom stereocenters. The van der Waals surface area contributed by atoms with Crippen molar-refractivity contribution in [2.75, 3.05) is 6.79 Å². The Labute approximate surface area is 165 Å². The highest BCUT2D eigenvalue weighted by Crippen LogP contribution is 2.32. The van der Waals surface area contributed by atoms with Crippen LogP contribution in [-0.2, 0) is 22.7 Å². The molecule has 1 aliphatic rings. The summed E-state index contributed by atoms with van der Waals surface area (Å²) in [4.78, 5) is 27.1. The number of fused-ring (bicyclic) bond motifs is 1. The number of hydrogen-bond donors (Lipinski definition) is 1. The van der Waals surface area contributed by atoms with Crippen molar-refractivity contribution in [3.8, 4) is 11.5 Å². The van der Waals surface area contributed by atoms with Crippen molar-refractivity contribution in [3.63, 3.8) is 0 Å². The molecule has 1 heterocycles. The average Bonchev–Trinajstić information content (AvgIpc) is 3.17. The van der Waals surface area contributed by atoms with Gasteiger partial charge in [-0.1, -0.05) is 50.2 Å². The lowest BCUT2D eigenvalue weighted by molar-refractivity contribution is -0.143. The molecule has 1 N–H and O–H groups in total. The van der Waals surface area contributed by atoms with E-state index in [1.165, 1.54) is 0 Å². The summed E-state index contributed by atoms with van der Waals surface area (Å²) in [7, 11) is 0. The molecule has 0 radical (unpaired) electrons. The number of benzene rings is 2. The quantitative estimate of drug-likeness (QED) is 0.799. The molecule has 6 nitrogen and oxygen atoms in total. The smallest absolute Gasteiger partial charge is 0.242 e. The molecule has 0 saturated heterocycles. The molecule has 1 atom stereocenters. The average molecular weight is 382 g/mol. The summed E-state index contributed by atoms with van der Waals surface area (Å²) in [5.74, 6) is 0.963. The molecule has 28 heavy (non-hydrogen) atoms. The lowest BCUT2D eigenvalue weighted by atomic mass is 10.1. The van der Waals surface area contributed by atoms with E-state index in [0.717, 1.165) is 11.1 Å². The van der Waals surface area contributed by atoms with Crippen LogP contribution < -0.4 is 14.8 Å². The van der Waals surface area contributed by atoms with E-state index in [4.69, 9.17) is 9.47 Å². The molecule has 2 amide bonds. The third-order valence-corrected chi connectivity index (χ3v) is 4.72. The number of amides is 2. The molecular formula is C22H26N2O4. The van der Waals surface area contributed by atoms with Crippen LogP contribution in [0.1, 0.15) is 31.9 Å². The van der Waals surface area contributed by atoms with Crippen molar-refractivity contribution in [2.45, 2.75) is 39.9 Å². The SMILES string of the molecule is CC(C)C(=O)N(Cc1ccccc1)C(C)C(=O)NCc1ccc2c(c1)OCO2. The Morgan fingerprint density at radius 3 is 2.43 bits per heavy atom. The second-order valence-corrected chi connectivity index (χ2v) is 7.19. The second kappa shape index (κ2) is 8.78. The van der Waals surface area contributed by atoms with E-state index in [-0.39, 0.29) is 24.5 Å². The van der Waals surface area contributed by atoms with Crippen LogP contribution >= 0.6 is 0 Å². The van der Waals surface area contributed by atoms with E-state index >= 15 is 0 Å². The Hall–Kier alpha value is -3.02. The van der Waals surface area contributed by atoms with Crippen LogP contribution in [0.5, 0.6) is 11.5 Å². The Morgan fingerprint density at radius 2 is 1.71 bits per heavy atom. The summed E-state index contributed by atoms with van der Waals surface area (Å²) in [6, 6.07) is 14.7. The van der Waals surface area contributed by atoms with Crippen LogP contribution in [0.25, 0.3) is 0 Å². The van der Waals surface area contributed by atoms with Crippen LogP contribution in [0, 0.1) is 5.92 Å². The zero-order valence-electron chi connectivity index (χ0n) is 16.5. The van der Waals surface area contributed by atoms with E-state index in [9.17, 15) is 9.59 Å². The molecule has 2 aromatic rings. The Balaban J connectivity index is 1.66. The molecule has 1 aliphatic heterocycles. The summed E-state index contributed by atoms with van der Waals surface area (Å²) in [6.07, 6.45) is 0. The fourth-order valence-electron chi connectivity index (χ4n) is 3.05. The highest BCUT2D eigenvalue weighted by Gasteiger charge is 2.27. The standard InChI is InChI=1S/C22H26N2O4/c1-15(2)22(26)24(13-17-7-5-4-6-8-17)16(3)21(25)23-12-18-9-10-19-20(11-18)28-14-27-19/h4-11,15-16H,12-14H2,1-3H3,(H,23,25). The lowest BCUT2D eigenvalue weighted by Gasteiger charge is -2.30. The van der Waals surface area contributed by atoms with Gasteiger partial charge in [-0.25, -0.2) is 0 Å². The molecular weight excluding hydrogens is 356 g/mol. The van der Waals surface area contributed by atoms with Gasteiger partial charge >= 0.3 is 0 Å². The van der Waals surface area contributed by atoms with Crippen LogP contribution in [0.4, 0.5) is 0 Å². The van der Waals surface area contributed by atoms with Crippen molar-refractivity contribution in [3.05, 3.63) is 59.7 Å². The van der Waals surface area contributed by atoms with Crippen molar-refractivity contribution < 1.29 is 19.1 Å². The minimum Gasteiger partial charge on any atom is -0.454 e. The summed E-state index contributed by atoms with van der Waals surface area (Å²) in [5.41, 5.74) is 1.90. The van der Waals surface area contributed by atoms with Crippen molar-refractivity contribution in [2.24, 2.45) is 5.92 Å². The Morgan fingerprint density at radius 1 is 1.00 bits per heavy atom. The maximum absolute atomic E-state index is 12.7. The third kappa shape index (κ3) is 4.63. The van der Waals surface area contributed by atoms with Gasteiger partial charge in [-0.15, -0.1) is 0 Å². The second-order valence-electron chi connectivity index (χ2n) is 7.19. The van der Waals surface area contributed by atoms with Gasteiger partial charge in [0.2, 0.25) is 18.6 Å². The molecule has 3 rings (SSSR count). The molecule has 0 aliphatic carbocycles. The van der Waals surface area contributed by atoms with Crippen LogP contribution in [-0.4, -0.2) is 29.5 Å². The predicted molar refractivity (Wildman–Crippen MR) is 106 cm³/mol. The lowest BCUT2D eigenvalue weighted by Crippen LogP contribution is -2.48. The Bertz CT molecular complexity index is 836. The number of carbonyl (C=O) groups excluding carboxylic acids is 2. The van der Waals surface area contributed by atoms with Crippen molar-refractivity contribution in [1.29, 1.82) is 0 Å². The number of hydrogen-bond acceptors (Lipinski definition) is 4. The fourth-order valence-corrected chi connectivity index (χ4v) is 3.05. The maximum Gasteiger partial charge on any atom is 0.242 e. The molecule has 6 heteroatoms. The fraction of sp³-hybridized carbons (Fsp3) is 0.364.